The van der Waals surface area contributed by atoms with E-state index in [9.17, 15) is 14.7 Å². The highest BCUT2D eigenvalue weighted by Crippen LogP contribution is 2.33. The zero-order chi connectivity index (χ0) is 24.5. The Hall–Kier alpha value is -4.13. The number of aromatic nitrogens is 2. The highest BCUT2D eigenvalue weighted by molar-refractivity contribution is 6.06. The maximum atomic E-state index is 13.1. The number of hydrogen-bond acceptors (Lipinski definition) is 3. The minimum absolute atomic E-state index is 0.288. The predicted octanol–water partition coefficient (Wildman–Crippen LogP) is 5.83. The molecule has 7 heteroatoms. The van der Waals surface area contributed by atoms with E-state index in [4.69, 9.17) is 0 Å². The quantitative estimate of drug-likeness (QED) is 0.352. The van der Waals surface area contributed by atoms with Gasteiger partial charge in [-0.3, -0.25) is 5.32 Å². The number of carbonyl (C=O) groups is 2. The lowest BCUT2D eigenvalue weighted by Gasteiger charge is -2.28. The summed E-state index contributed by atoms with van der Waals surface area (Å²) in [7, 11) is 0. The second kappa shape index (κ2) is 8.67. The van der Waals surface area contributed by atoms with Crippen molar-refractivity contribution in [1.82, 2.24) is 9.78 Å². The van der Waals surface area contributed by atoms with Crippen LogP contribution >= 0.6 is 0 Å². The van der Waals surface area contributed by atoms with Crippen LogP contribution in [0.3, 0.4) is 0 Å². The van der Waals surface area contributed by atoms with Gasteiger partial charge in [0, 0.05) is 16.9 Å². The Labute approximate surface area is 198 Å². The minimum Gasteiger partial charge on any atom is -0.479 e. The van der Waals surface area contributed by atoms with Crippen LogP contribution in [0.4, 0.5) is 16.3 Å². The molecule has 0 aliphatic carbocycles. The lowest BCUT2D eigenvalue weighted by Crippen LogP contribution is -2.42. The third-order valence-corrected chi connectivity index (χ3v) is 5.93. The molecule has 3 aromatic carbocycles. The number of aliphatic carboxylic acids is 1. The summed E-state index contributed by atoms with van der Waals surface area (Å²) in [6.45, 7) is 7.54. The van der Waals surface area contributed by atoms with Gasteiger partial charge in [-0.15, -0.1) is 0 Å². The summed E-state index contributed by atoms with van der Waals surface area (Å²) >= 11 is 0. The van der Waals surface area contributed by atoms with Crippen molar-refractivity contribution in [1.29, 1.82) is 0 Å². The van der Waals surface area contributed by atoms with Crippen LogP contribution in [0.1, 0.15) is 39.0 Å². The van der Waals surface area contributed by atoms with E-state index >= 15 is 0 Å². The second-order valence-corrected chi connectivity index (χ2v) is 9.43. The summed E-state index contributed by atoms with van der Waals surface area (Å²) in [5.41, 5.74) is -0.0295. The summed E-state index contributed by atoms with van der Waals surface area (Å²) in [5.74, 6) is -0.795. The van der Waals surface area contributed by atoms with Crippen LogP contribution in [-0.4, -0.2) is 26.9 Å². The molecule has 7 nitrogen and oxygen atoms in total. The molecule has 1 atom stereocenters. The van der Waals surface area contributed by atoms with Gasteiger partial charge < -0.3 is 10.4 Å². The average Bonchev–Trinajstić information content (AvgIpc) is 3.24. The number of nitrogens with one attached hydrogen (secondary N) is 2. The zero-order valence-electron chi connectivity index (χ0n) is 19.7. The normalized spacial score (nSPS) is 13.3. The van der Waals surface area contributed by atoms with Crippen LogP contribution < -0.4 is 10.6 Å². The average molecular weight is 457 g/mol. The van der Waals surface area contributed by atoms with Crippen molar-refractivity contribution in [3.05, 3.63) is 90.1 Å². The monoisotopic (exact) mass is 456 g/mol. The third-order valence-electron chi connectivity index (χ3n) is 5.93. The first-order chi connectivity index (χ1) is 16.1. The molecule has 4 rings (SSSR count). The number of carbonyl (C=O) groups excluding carboxylic acids is 1. The first-order valence-corrected chi connectivity index (χ1v) is 11.1. The summed E-state index contributed by atoms with van der Waals surface area (Å²) in [5, 5.41) is 22.6. The number of carboxylic acid groups (broad SMARTS) is 1. The van der Waals surface area contributed by atoms with Crippen molar-refractivity contribution in [2.45, 2.75) is 38.6 Å². The fraction of sp³-hybridized carbons (Fsp3) is 0.222. The van der Waals surface area contributed by atoms with Crippen molar-refractivity contribution < 1.29 is 14.7 Å². The van der Waals surface area contributed by atoms with Gasteiger partial charge in [-0.1, -0.05) is 87.5 Å². The maximum Gasteiger partial charge on any atom is 0.336 e. The Balaban J connectivity index is 1.75. The zero-order valence-corrected chi connectivity index (χ0v) is 19.7. The van der Waals surface area contributed by atoms with E-state index in [0.29, 0.717) is 16.9 Å². The van der Waals surface area contributed by atoms with E-state index < -0.39 is 17.5 Å². The number of benzene rings is 3. The smallest absolute Gasteiger partial charge is 0.336 e. The SMILES string of the molecule is CC(C)(C)c1cc(NC(=O)Nc2cccc3ccccc23)n(C(C)(C(=O)O)c2ccccc2)n1. The minimum atomic E-state index is -1.53. The number of hydrogen-bond donors (Lipinski definition) is 3. The Bertz CT molecular complexity index is 1350. The summed E-state index contributed by atoms with van der Waals surface area (Å²) in [4.78, 5) is 25.6. The third kappa shape index (κ3) is 4.24. The number of anilines is 2. The van der Waals surface area contributed by atoms with Crippen molar-refractivity contribution in [3.8, 4) is 0 Å². The van der Waals surface area contributed by atoms with Gasteiger partial charge in [-0.25, -0.2) is 14.3 Å². The summed E-state index contributed by atoms with van der Waals surface area (Å²) < 4.78 is 1.38. The Morgan fingerprint density at radius 2 is 1.50 bits per heavy atom. The molecular weight excluding hydrogens is 428 g/mol. The Morgan fingerprint density at radius 3 is 2.18 bits per heavy atom. The molecule has 34 heavy (non-hydrogen) atoms. The van der Waals surface area contributed by atoms with Crippen molar-refractivity contribution in [3.63, 3.8) is 0 Å². The van der Waals surface area contributed by atoms with Gasteiger partial charge in [0.1, 0.15) is 5.82 Å². The fourth-order valence-corrected chi connectivity index (χ4v) is 3.88. The topological polar surface area (TPSA) is 96.2 Å². The molecule has 3 N–H and O–H groups in total. The molecular formula is C27H28N4O3. The van der Waals surface area contributed by atoms with Crippen LogP contribution in [0.2, 0.25) is 0 Å². The lowest BCUT2D eigenvalue weighted by atomic mass is 9.92. The first kappa shape index (κ1) is 23.0. The van der Waals surface area contributed by atoms with E-state index in [1.54, 1.807) is 37.3 Å². The van der Waals surface area contributed by atoms with Gasteiger partial charge in [-0.2, -0.15) is 5.10 Å². The molecule has 4 aromatic rings. The number of amides is 2. The van der Waals surface area contributed by atoms with Gasteiger partial charge in [0.2, 0.25) is 0 Å². The molecule has 0 radical (unpaired) electrons. The Kier molecular flexibility index (Phi) is 5.87. The van der Waals surface area contributed by atoms with Gasteiger partial charge in [-0.05, 0) is 23.9 Å². The van der Waals surface area contributed by atoms with Gasteiger partial charge in [0.15, 0.2) is 5.54 Å². The fourth-order valence-electron chi connectivity index (χ4n) is 3.88. The molecule has 0 fully saturated rings. The first-order valence-electron chi connectivity index (χ1n) is 11.1. The molecule has 1 heterocycles. The van der Waals surface area contributed by atoms with Crippen LogP contribution in [0.5, 0.6) is 0 Å². The summed E-state index contributed by atoms with van der Waals surface area (Å²) in [6, 6.07) is 23.5. The Morgan fingerprint density at radius 1 is 0.853 bits per heavy atom. The molecule has 1 unspecified atom stereocenters. The van der Waals surface area contributed by atoms with Gasteiger partial charge in [0.25, 0.3) is 0 Å². The summed E-state index contributed by atoms with van der Waals surface area (Å²) in [6.07, 6.45) is 0. The predicted molar refractivity (Wildman–Crippen MR) is 134 cm³/mol. The number of rotatable bonds is 5. The molecule has 1 aromatic heterocycles. The van der Waals surface area contributed by atoms with E-state index in [-0.39, 0.29) is 11.2 Å². The maximum absolute atomic E-state index is 13.1. The molecule has 0 spiro atoms. The molecule has 0 aliphatic rings. The van der Waals surface area contributed by atoms with Crippen molar-refractivity contribution in [2.75, 3.05) is 10.6 Å². The largest absolute Gasteiger partial charge is 0.479 e. The molecule has 0 aliphatic heterocycles. The molecule has 174 valence electrons. The van der Waals surface area contributed by atoms with Crippen LogP contribution in [0.15, 0.2) is 78.9 Å². The van der Waals surface area contributed by atoms with Crippen LogP contribution in [-0.2, 0) is 15.7 Å². The number of urea groups is 1. The molecule has 0 bridgehead atoms. The second-order valence-electron chi connectivity index (χ2n) is 9.43. The van der Waals surface area contributed by atoms with Crippen molar-refractivity contribution >= 4 is 34.3 Å². The standard InChI is InChI=1S/C27H28N4O3/c1-26(2,3)22-17-23(31(30-22)27(4,24(32)33)19-13-6-5-7-14-19)29-25(34)28-21-16-10-12-18-11-8-9-15-20(18)21/h5-17H,1-4H3,(H,32,33)(H2,28,29,34). The number of nitrogens with zero attached hydrogens (tertiary/aromatic N) is 2. The van der Waals surface area contributed by atoms with E-state index in [2.05, 4.69) is 15.7 Å². The highest BCUT2D eigenvalue weighted by Gasteiger charge is 2.41. The molecule has 0 saturated carbocycles. The van der Waals surface area contributed by atoms with Gasteiger partial charge >= 0.3 is 12.0 Å². The van der Waals surface area contributed by atoms with Crippen LogP contribution in [0.25, 0.3) is 10.8 Å². The van der Waals surface area contributed by atoms with Crippen LogP contribution in [0, 0.1) is 0 Å². The van der Waals surface area contributed by atoms with E-state index in [0.717, 1.165) is 10.8 Å². The molecule has 2 amide bonds. The van der Waals surface area contributed by atoms with E-state index in [1.807, 2.05) is 69.3 Å². The van der Waals surface area contributed by atoms with Crippen molar-refractivity contribution in [2.24, 2.45) is 0 Å². The van der Waals surface area contributed by atoms with E-state index in [1.165, 1.54) is 4.68 Å². The highest BCUT2D eigenvalue weighted by atomic mass is 16.4. The number of carboxylic acids is 1. The number of fused-ring (bicyclic) bond motifs is 1. The molecule has 0 saturated heterocycles. The lowest BCUT2D eigenvalue weighted by molar-refractivity contribution is -0.144. The van der Waals surface area contributed by atoms with Gasteiger partial charge in [0.05, 0.1) is 11.4 Å².